The summed E-state index contributed by atoms with van der Waals surface area (Å²) in [4.78, 5) is 4.27. The first-order chi connectivity index (χ1) is 7.77. The molecule has 1 N–H and O–H groups in total. The monoisotopic (exact) mass is 221 g/mol. The molecule has 1 aliphatic rings. The molecule has 0 aromatic carbocycles. The molecule has 0 spiro atoms. The van der Waals surface area contributed by atoms with Crippen LogP contribution in [0.5, 0.6) is 0 Å². The highest BCUT2D eigenvalue weighted by Gasteiger charge is 2.24. The fourth-order valence-electron chi connectivity index (χ4n) is 2.15. The van der Waals surface area contributed by atoms with Crippen LogP contribution in [0.25, 0.3) is 0 Å². The first kappa shape index (κ1) is 11.6. The predicted molar refractivity (Wildman–Crippen MR) is 62.2 cm³/mol. The summed E-state index contributed by atoms with van der Waals surface area (Å²) in [7, 11) is 0. The number of ether oxygens (including phenoxy) is 1. The van der Waals surface area contributed by atoms with Crippen molar-refractivity contribution >= 4 is 0 Å². The third kappa shape index (κ3) is 2.80. The van der Waals surface area contributed by atoms with Gasteiger partial charge in [0.25, 0.3) is 0 Å². The van der Waals surface area contributed by atoms with E-state index < -0.39 is 0 Å². The Kier molecular flexibility index (Phi) is 3.91. The van der Waals surface area contributed by atoms with Gasteiger partial charge in [-0.25, -0.2) is 0 Å². The number of nitrogens with zero attached hydrogens (tertiary/aromatic N) is 1. The van der Waals surface area contributed by atoms with Crippen LogP contribution in [0.3, 0.4) is 0 Å². The Balaban J connectivity index is 1.91. The van der Waals surface area contributed by atoms with Gasteiger partial charge < -0.3 is 9.84 Å². The second kappa shape index (κ2) is 5.41. The molecule has 0 radical (unpaired) electrons. The standard InChI is InChI=1S/C13H19NO2/c1-10(12-6-2-3-7-14-12)13(15)9-11-5-4-8-16-11/h2-3,6-7,10-11,13,15H,4-5,8-9H2,1H3. The molecule has 1 aromatic rings. The first-order valence-electron chi connectivity index (χ1n) is 5.98. The summed E-state index contributed by atoms with van der Waals surface area (Å²) in [6, 6.07) is 5.81. The van der Waals surface area contributed by atoms with Crippen molar-refractivity contribution in [2.75, 3.05) is 6.61 Å². The minimum Gasteiger partial charge on any atom is -0.392 e. The Morgan fingerprint density at radius 1 is 1.56 bits per heavy atom. The fraction of sp³-hybridized carbons (Fsp3) is 0.615. The van der Waals surface area contributed by atoms with Gasteiger partial charge >= 0.3 is 0 Å². The van der Waals surface area contributed by atoms with E-state index in [2.05, 4.69) is 4.98 Å². The maximum absolute atomic E-state index is 10.1. The summed E-state index contributed by atoms with van der Waals surface area (Å²) in [6.07, 6.45) is 4.56. The zero-order valence-corrected chi connectivity index (χ0v) is 9.67. The lowest BCUT2D eigenvalue weighted by Gasteiger charge is -2.21. The maximum atomic E-state index is 10.1. The van der Waals surface area contributed by atoms with Crippen molar-refractivity contribution in [3.63, 3.8) is 0 Å². The Bertz CT molecular complexity index is 309. The third-order valence-corrected chi connectivity index (χ3v) is 3.26. The van der Waals surface area contributed by atoms with Gasteiger partial charge in [-0.05, 0) is 25.0 Å². The number of rotatable bonds is 4. The van der Waals surface area contributed by atoms with E-state index in [4.69, 9.17) is 4.74 Å². The molecule has 1 aliphatic heterocycles. The first-order valence-corrected chi connectivity index (χ1v) is 5.98. The molecule has 3 nitrogen and oxygen atoms in total. The second-order valence-electron chi connectivity index (χ2n) is 4.48. The van der Waals surface area contributed by atoms with E-state index in [-0.39, 0.29) is 18.1 Å². The number of hydrogen-bond donors (Lipinski definition) is 1. The minimum atomic E-state index is -0.363. The number of aliphatic hydroxyl groups excluding tert-OH is 1. The molecule has 3 atom stereocenters. The normalized spacial score (nSPS) is 24.2. The van der Waals surface area contributed by atoms with Crippen LogP contribution < -0.4 is 0 Å². The Labute approximate surface area is 96.5 Å². The Hall–Kier alpha value is -0.930. The topological polar surface area (TPSA) is 42.4 Å². The average Bonchev–Trinajstić information content (AvgIpc) is 2.82. The minimum absolute atomic E-state index is 0.0744. The third-order valence-electron chi connectivity index (χ3n) is 3.26. The lowest BCUT2D eigenvalue weighted by molar-refractivity contribution is 0.0443. The van der Waals surface area contributed by atoms with Gasteiger partial charge in [0, 0.05) is 30.8 Å². The van der Waals surface area contributed by atoms with Crippen molar-refractivity contribution < 1.29 is 9.84 Å². The smallest absolute Gasteiger partial charge is 0.0645 e. The van der Waals surface area contributed by atoms with Gasteiger partial charge in [-0.3, -0.25) is 4.98 Å². The van der Waals surface area contributed by atoms with E-state index in [1.807, 2.05) is 25.1 Å². The molecule has 1 saturated heterocycles. The molecule has 2 heterocycles. The molecule has 2 rings (SSSR count). The van der Waals surface area contributed by atoms with E-state index in [1.165, 1.54) is 0 Å². The SMILES string of the molecule is CC(c1ccccn1)C(O)CC1CCCO1. The van der Waals surface area contributed by atoms with E-state index in [9.17, 15) is 5.11 Å². The summed E-state index contributed by atoms with van der Waals surface area (Å²) in [6.45, 7) is 2.86. The molecule has 88 valence electrons. The van der Waals surface area contributed by atoms with Crippen LogP contribution in [-0.2, 0) is 4.74 Å². The van der Waals surface area contributed by atoms with Crippen LogP contribution in [0.2, 0.25) is 0 Å². The molecule has 0 bridgehead atoms. The van der Waals surface area contributed by atoms with Gasteiger partial charge in [-0.15, -0.1) is 0 Å². The van der Waals surface area contributed by atoms with Gasteiger partial charge in [0.1, 0.15) is 0 Å². The van der Waals surface area contributed by atoms with Crippen molar-refractivity contribution in [3.05, 3.63) is 30.1 Å². The van der Waals surface area contributed by atoms with Crippen molar-refractivity contribution in [3.8, 4) is 0 Å². The van der Waals surface area contributed by atoms with Gasteiger partial charge in [-0.2, -0.15) is 0 Å². The lowest BCUT2D eigenvalue weighted by Crippen LogP contribution is -2.23. The maximum Gasteiger partial charge on any atom is 0.0645 e. The van der Waals surface area contributed by atoms with Crippen LogP contribution in [0, 0.1) is 0 Å². The molecule has 0 amide bonds. The zero-order valence-electron chi connectivity index (χ0n) is 9.67. The van der Waals surface area contributed by atoms with Crippen molar-refractivity contribution in [2.24, 2.45) is 0 Å². The molecule has 3 heteroatoms. The molecule has 16 heavy (non-hydrogen) atoms. The summed E-state index contributed by atoms with van der Waals surface area (Å²) < 4.78 is 5.53. The summed E-state index contributed by atoms with van der Waals surface area (Å²) >= 11 is 0. The molecular weight excluding hydrogens is 202 g/mol. The van der Waals surface area contributed by atoms with E-state index in [1.54, 1.807) is 6.20 Å². The predicted octanol–water partition coefficient (Wildman–Crippen LogP) is 2.12. The lowest BCUT2D eigenvalue weighted by atomic mass is 9.95. The number of hydrogen-bond acceptors (Lipinski definition) is 3. The van der Waals surface area contributed by atoms with Crippen molar-refractivity contribution in [2.45, 2.75) is 44.3 Å². The average molecular weight is 221 g/mol. The van der Waals surface area contributed by atoms with E-state index in [0.717, 1.165) is 31.6 Å². The van der Waals surface area contributed by atoms with Crippen LogP contribution >= 0.6 is 0 Å². The quantitative estimate of drug-likeness (QED) is 0.846. The largest absolute Gasteiger partial charge is 0.392 e. The Morgan fingerprint density at radius 3 is 3.06 bits per heavy atom. The zero-order chi connectivity index (χ0) is 11.4. The van der Waals surface area contributed by atoms with E-state index in [0.29, 0.717) is 0 Å². The van der Waals surface area contributed by atoms with E-state index >= 15 is 0 Å². The van der Waals surface area contributed by atoms with Gasteiger partial charge in [-0.1, -0.05) is 13.0 Å². The van der Waals surface area contributed by atoms with Gasteiger partial charge in [0.2, 0.25) is 0 Å². The summed E-state index contributed by atoms with van der Waals surface area (Å²) in [5.74, 6) is 0.0744. The molecule has 3 unspecified atom stereocenters. The molecule has 0 aliphatic carbocycles. The van der Waals surface area contributed by atoms with Gasteiger partial charge in [0.05, 0.1) is 12.2 Å². The van der Waals surface area contributed by atoms with Gasteiger partial charge in [0.15, 0.2) is 0 Å². The summed E-state index contributed by atoms with van der Waals surface area (Å²) in [5, 5.41) is 10.1. The number of aliphatic hydroxyl groups is 1. The highest BCUT2D eigenvalue weighted by molar-refractivity contribution is 5.10. The second-order valence-corrected chi connectivity index (χ2v) is 4.48. The molecular formula is C13H19NO2. The van der Waals surface area contributed by atoms with Crippen molar-refractivity contribution in [1.82, 2.24) is 4.98 Å². The fourth-order valence-corrected chi connectivity index (χ4v) is 2.15. The highest BCUT2D eigenvalue weighted by Crippen LogP contribution is 2.24. The van der Waals surface area contributed by atoms with Crippen LogP contribution in [-0.4, -0.2) is 28.9 Å². The number of pyridine rings is 1. The number of aromatic nitrogens is 1. The Morgan fingerprint density at radius 2 is 2.44 bits per heavy atom. The van der Waals surface area contributed by atoms with Crippen LogP contribution in [0.4, 0.5) is 0 Å². The van der Waals surface area contributed by atoms with Crippen molar-refractivity contribution in [1.29, 1.82) is 0 Å². The molecule has 0 saturated carbocycles. The summed E-state index contributed by atoms with van der Waals surface area (Å²) in [5.41, 5.74) is 0.952. The molecule has 1 aromatic heterocycles. The van der Waals surface area contributed by atoms with Crippen LogP contribution in [0.15, 0.2) is 24.4 Å². The molecule has 1 fully saturated rings. The highest BCUT2D eigenvalue weighted by atomic mass is 16.5. The van der Waals surface area contributed by atoms with Crippen LogP contribution in [0.1, 0.15) is 37.8 Å².